The van der Waals surface area contributed by atoms with Crippen molar-refractivity contribution >= 4 is 23.8 Å². The van der Waals surface area contributed by atoms with Gasteiger partial charge >= 0.3 is 5.97 Å². The fourth-order valence-corrected chi connectivity index (χ4v) is 6.06. The SMILES string of the molecule is CCC1=NC(COC)=C(N(C=O)CCCN2CCC(c3ccccc3)CC2)C(c2ccc([N+](=O)[O-])cc2)C1C(=O)O. The number of nitro groups is 1. The maximum Gasteiger partial charge on any atom is 0.313 e. The molecule has 0 saturated carbocycles. The molecule has 10 heteroatoms. The second-order valence-corrected chi connectivity index (χ2v) is 10.5. The molecule has 2 aliphatic rings. The number of nitro benzene ring substituents is 1. The smallest absolute Gasteiger partial charge is 0.313 e. The quantitative estimate of drug-likeness (QED) is 0.211. The number of allylic oxidation sites excluding steroid dienone is 1. The zero-order valence-electron chi connectivity index (χ0n) is 23.6. The van der Waals surface area contributed by atoms with E-state index in [1.54, 1.807) is 17.0 Å². The summed E-state index contributed by atoms with van der Waals surface area (Å²) in [5.41, 5.74) is 3.31. The number of carbonyl (C=O) groups is 2. The standard InChI is InChI=1S/C31H38N4O6/c1-3-26-29(31(37)38)28(24-10-12-25(13-11-24)35(39)40)30(27(32-26)20-41-2)34(21-36)17-7-16-33-18-14-23(15-19-33)22-8-5-4-6-9-22/h4-6,8-13,21,23,28-29H,3,7,14-20H2,1-2H3,(H,37,38). The van der Waals surface area contributed by atoms with E-state index < -0.39 is 22.7 Å². The first-order chi connectivity index (χ1) is 19.9. The summed E-state index contributed by atoms with van der Waals surface area (Å²) >= 11 is 0. The van der Waals surface area contributed by atoms with Crippen LogP contribution in [0.15, 0.2) is 71.0 Å². The summed E-state index contributed by atoms with van der Waals surface area (Å²) in [6.45, 7) is 5.11. The Balaban J connectivity index is 1.55. The monoisotopic (exact) mass is 562 g/mol. The number of rotatable bonds is 13. The van der Waals surface area contributed by atoms with Crippen LogP contribution in [0.1, 0.15) is 55.6 Å². The first-order valence-corrected chi connectivity index (χ1v) is 14.1. The van der Waals surface area contributed by atoms with Crippen molar-refractivity contribution in [3.05, 3.63) is 87.2 Å². The van der Waals surface area contributed by atoms with E-state index in [4.69, 9.17) is 4.74 Å². The van der Waals surface area contributed by atoms with Crippen molar-refractivity contribution in [1.82, 2.24) is 9.80 Å². The molecule has 218 valence electrons. The highest BCUT2D eigenvalue weighted by molar-refractivity contribution is 6.04. The van der Waals surface area contributed by atoms with Gasteiger partial charge in [-0.15, -0.1) is 0 Å². The molecule has 0 bridgehead atoms. The molecule has 0 spiro atoms. The Labute approximate surface area is 240 Å². The summed E-state index contributed by atoms with van der Waals surface area (Å²) in [5.74, 6) is -2.27. The lowest BCUT2D eigenvalue weighted by Gasteiger charge is -2.37. The third-order valence-electron chi connectivity index (χ3n) is 8.10. The third kappa shape index (κ3) is 7.07. The number of hydrogen-bond donors (Lipinski definition) is 1. The van der Waals surface area contributed by atoms with Gasteiger partial charge in [0.05, 0.1) is 22.9 Å². The van der Waals surface area contributed by atoms with E-state index in [9.17, 15) is 24.8 Å². The van der Waals surface area contributed by atoms with Crippen LogP contribution in [0.25, 0.3) is 0 Å². The minimum Gasteiger partial charge on any atom is -0.481 e. The fraction of sp³-hybridized carbons (Fsp3) is 0.452. The van der Waals surface area contributed by atoms with Gasteiger partial charge in [0.2, 0.25) is 6.41 Å². The van der Waals surface area contributed by atoms with Crippen LogP contribution in [0, 0.1) is 16.0 Å². The van der Waals surface area contributed by atoms with Crippen molar-refractivity contribution < 1.29 is 24.4 Å². The summed E-state index contributed by atoms with van der Waals surface area (Å²) in [7, 11) is 1.53. The minimum absolute atomic E-state index is 0.0910. The fourth-order valence-electron chi connectivity index (χ4n) is 6.06. The van der Waals surface area contributed by atoms with E-state index in [2.05, 4.69) is 34.2 Å². The van der Waals surface area contributed by atoms with Crippen molar-refractivity contribution in [3.8, 4) is 0 Å². The maximum atomic E-state index is 12.6. The molecule has 10 nitrogen and oxygen atoms in total. The number of carboxylic acids is 1. The Hall–Kier alpha value is -3.89. The molecule has 2 aromatic rings. The Kier molecular flexibility index (Phi) is 10.4. The molecule has 1 fully saturated rings. The lowest BCUT2D eigenvalue weighted by atomic mass is 9.77. The predicted molar refractivity (Wildman–Crippen MR) is 156 cm³/mol. The average Bonchev–Trinajstić information content (AvgIpc) is 3.00. The largest absolute Gasteiger partial charge is 0.481 e. The molecule has 2 aliphatic heterocycles. The molecule has 0 radical (unpaired) electrons. The number of nitrogens with zero attached hydrogens (tertiary/aromatic N) is 4. The number of methoxy groups -OCH3 is 1. The molecule has 0 aromatic heterocycles. The number of hydrogen-bond acceptors (Lipinski definition) is 7. The minimum atomic E-state index is -1.06. The summed E-state index contributed by atoms with van der Waals surface area (Å²) in [6, 6.07) is 16.5. The van der Waals surface area contributed by atoms with Crippen molar-refractivity contribution in [2.24, 2.45) is 10.9 Å². The van der Waals surface area contributed by atoms with E-state index in [1.807, 2.05) is 13.0 Å². The highest BCUT2D eigenvalue weighted by Crippen LogP contribution is 2.41. The van der Waals surface area contributed by atoms with Gasteiger partial charge in [0.25, 0.3) is 5.69 Å². The lowest BCUT2D eigenvalue weighted by Crippen LogP contribution is -2.41. The van der Waals surface area contributed by atoms with Gasteiger partial charge in [-0.3, -0.25) is 24.7 Å². The molecular weight excluding hydrogens is 524 g/mol. The number of carbonyl (C=O) groups excluding carboxylic acids is 1. The van der Waals surface area contributed by atoms with Crippen LogP contribution in [0.3, 0.4) is 0 Å². The Morgan fingerprint density at radius 1 is 1.15 bits per heavy atom. The Morgan fingerprint density at radius 3 is 2.39 bits per heavy atom. The molecule has 2 heterocycles. The van der Waals surface area contributed by atoms with Gasteiger partial charge in [0.1, 0.15) is 5.92 Å². The molecule has 2 atom stereocenters. The molecule has 1 amide bonds. The van der Waals surface area contributed by atoms with E-state index in [0.717, 1.165) is 38.9 Å². The van der Waals surface area contributed by atoms with Crippen LogP contribution in [0.2, 0.25) is 0 Å². The maximum absolute atomic E-state index is 12.6. The summed E-state index contributed by atoms with van der Waals surface area (Å²) < 4.78 is 5.42. The van der Waals surface area contributed by atoms with Crippen LogP contribution in [-0.4, -0.2) is 77.8 Å². The molecule has 2 unspecified atom stereocenters. The number of amides is 1. The normalized spacial score (nSPS) is 20.0. The van der Waals surface area contributed by atoms with Crippen molar-refractivity contribution in [3.63, 3.8) is 0 Å². The number of aliphatic carboxylic acids is 1. The number of ether oxygens (including phenoxy) is 1. The van der Waals surface area contributed by atoms with E-state index >= 15 is 0 Å². The highest BCUT2D eigenvalue weighted by Gasteiger charge is 2.42. The zero-order valence-corrected chi connectivity index (χ0v) is 23.6. The van der Waals surface area contributed by atoms with Crippen LogP contribution in [-0.2, 0) is 14.3 Å². The van der Waals surface area contributed by atoms with E-state index in [-0.39, 0.29) is 12.3 Å². The molecule has 41 heavy (non-hydrogen) atoms. The third-order valence-corrected chi connectivity index (χ3v) is 8.10. The van der Waals surface area contributed by atoms with Crippen LogP contribution >= 0.6 is 0 Å². The topological polar surface area (TPSA) is 126 Å². The van der Waals surface area contributed by atoms with Crippen molar-refractivity contribution in [1.29, 1.82) is 0 Å². The summed E-state index contributed by atoms with van der Waals surface area (Å²) in [5, 5.41) is 21.6. The van der Waals surface area contributed by atoms with E-state index in [1.165, 1.54) is 24.8 Å². The number of benzene rings is 2. The second kappa shape index (κ2) is 14.1. The van der Waals surface area contributed by atoms with Gasteiger partial charge in [-0.2, -0.15) is 0 Å². The van der Waals surface area contributed by atoms with Crippen LogP contribution < -0.4 is 0 Å². The van der Waals surface area contributed by atoms with Crippen molar-refractivity contribution in [2.45, 2.75) is 44.4 Å². The first-order valence-electron chi connectivity index (χ1n) is 14.1. The molecule has 1 N–H and O–H groups in total. The summed E-state index contributed by atoms with van der Waals surface area (Å²) in [4.78, 5) is 44.5. The number of likely N-dealkylation sites (tertiary alicyclic amines) is 1. The second-order valence-electron chi connectivity index (χ2n) is 10.5. The van der Waals surface area contributed by atoms with Crippen molar-refractivity contribution in [2.75, 3.05) is 39.9 Å². The zero-order chi connectivity index (χ0) is 29.4. The number of carboxylic acid groups (broad SMARTS) is 1. The molecule has 0 aliphatic carbocycles. The van der Waals surface area contributed by atoms with Gasteiger partial charge in [-0.25, -0.2) is 0 Å². The Morgan fingerprint density at radius 2 is 1.83 bits per heavy atom. The molecule has 2 aromatic carbocycles. The number of non-ortho nitro benzene ring substituents is 1. The van der Waals surface area contributed by atoms with E-state index in [0.29, 0.717) is 48.0 Å². The van der Waals surface area contributed by atoms with Crippen LogP contribution in [0.4, 0.5) is 5.69 Å². The highest BCUT2D eigenvalue weighted by atomic mass is 16.6. The van der Waals surface area contributed by atoms with Gasteiger partial charge in [-0.05, 0) is 62.4 Å². The molecule has 4 rings (SSSR count). The number of piperidine rings is 1. The Bertz CT molecular complexity index is 1270. The first kappa shape index (κ1) is 30.1. The molecule has 1 saturated heterocycles. The van der Waals surface area contributed by atoms with Gasteiger partial charge in [-0.1, -0.05) is 49.4 Å². The predicted octanol–water partition coefficient (Wildman–Crippen LogP) is 4.83. The van der Waals surface area contributed by atoms with Crippen LogP contribution in [0.5, 0.6) is 0 Å². The average molecular weight is 563 g/mol. The number of aliphatic imine (C=N–C) groups is 1. The van der Waals surface area contributed by atoms with Gasteiger partial charge in [0.15, 0.2) is 0 Å². The summed E-state index contributed by atoms with van der Waals surface area (Å²) in [6.07, 6.45) is 4.01. The van der Waals surface area contributed by atoms with Gasteiger partial charge in [0, 0.05) is 37.4 Å². The van der Waals surface area contributed by atoms with Gasteiger partial charge < -0.3 is 19.6 Å². The molecular formula is C31H38N4O6. The lowest BCUT2D eigenvalue weighted by molar-refractivity contribution is -0.384.